The number of rotatable bonds is 0. The van der Waals surface area contributed by atoms with Gasteiger partial charge in [0.2, 0.25) is 0 Å². The molecule has 0 bridgehead atoms. The molecule has 104 valence electrons. The molecule has 0 unspecified atom stereocenters. The van der Waals surface area contributed by atoms with E-state index < -0.39 is 0 Å². The number of aromatic hydroxyl groups is 2. The van der Waals surface area contributed by atoms with Crippen LogP contribution >= 0.6 is 0 Å². The van der Waals surface area contributed by atoms with Crippen molar-refractivity contribution >= 4 is 0 Å². The van der Waals surface area contributed by atoms with Crippen molar-refractivity contribution in [2.45, 2.75) is 18.9 Å². The van der Waals surface area contributed by atoms with E-state index in [0.717, 1.165) is 36.1 Å². The van der Waals surface area contributed by atoms with Crippen molar-refractivity contribution in [1.29, 1.82) is 0 Å². The Labute approximate surface area is 148 Å². The average molecular weight is 291 g/mol. The molecule has 4 heteroatoms. The van der Waals surface area contributed by atoms with Crippen LogP contribution in [-0.4, -0.2) is 28.7 Å². The fourth-order valence-corrected chi connectivity index (χ4v) is 3.67. The number of phenols is 2. The molecule has 1 atom stereocenters. The summed E-state index contributed by atoms with van der Waals surface area (Å²) in [6.07, 6.45) is 1.94. The van der Waals surface area contributed by atoms with E-state index >= 15 is 0 Å². The summed E-state index contributed by atoms with van der Waals surface area (Å²) in [5.74, 6) is -0.0217. The zero-order chi connectivity index (χ0) is 13.9. The second-order valence-electron chi connectivity index (χ2n) is 5.80. The van der Waals surface area contributed by atoms with Gasteiger partial charge in [0.25, 0.3) is 0 Å². The first-order chi connectivity index (χ1) is 9.66. The van der Waals surface area contributed by atoms with E-state index in [-0.39, 0.29) is 42.5 Å². The Kier molecular flexibility index (Phi) is 3.78. The van der Waals surface area contributed by atoms with Gasteiger partial charge in [-0.3, -0.25) is 4.90 Å². The van der Waals surface area contributed by atoms with Crippen molar-refractivity contribution < 1.29 is 41.2 Å². The first kappa shape index (κ1) is 14.9. The maximum Gasteiger partial charge on any atom is 1.00 e. The number of likely N-dealkylation sites (N-methyl/N-ethyl adjacent to an activating group) is 1. The molecule has 21 heavy (non-hydrogen) atoms. The average Bonchev–Trinajstić information content (AvgIpc) is 2.46. The maximum atomic E-state index is 10.3. The number of hydrogen-bond acceptors (Lipinski definition) is 3. The number of phenolic OH excluding ortho intramolecular Hbond substituents is 2. The molecule has 2 N–H and O–H groups in total. The van der Waals surface area contributed by atoms with E-state index in [1.165, 1.54) is 11.1 Å². The molecule has 0 saturated heterocycles. The first-order valence-electron chi connectivity index (χ1n) is 7.03. The van der Waals surface area contributed by atoms with E-state index in [4.69, 9.17) is 0 Å². The summed E-state index contributed by atoms with van der Waals surface area (Å²) >= 11 is 0. The monoisotopic (exact) mass is 291 g/mol. The van der Waals surface area contributed by atoms with Gasteiger partial charge in [-0.1, -0.05) is 24.3 Å². The van der Waals surface area contributed by atoms with E-state index in [1.54, 1.807) is 6.07 Å². The van der Waals surface area contributed by atoms with Crippen LogP contribution in [0.5, 0.6) is 11.5 Å². The number of hydrogen-bond donors (Lipinski definition) is 2. The van der Waals surface area contributed by atoms with Crippen molar-refractivity contribution in [3.63, 3.8) is 0 Å². The van der Waals surface area contributed by atoms with Crippen LogP contribution < -0.4 is 29.6 Å². The van der Waals surface area contributed by atoms with Crippen LogP contribution in [0.3, 0.4) is 0 Å². The zero-order valence-corrected chi connectivity index (χ0v) is 14.4. The van der Waals surface area contributed by atoms with Gasteiger partial charge < -0.3 is 11.6 Å². The van der Waals surface area contributed by atoms with Crippen LogP contribution in [0.15, 0.2) is 30.3 Å². The van der Waals surface area contributed by atoms with Gasteiger partial charge in [0, 0.05) is 18.2 Å². The molecule has 4 rings (SSSR count). The van der Waals surface area contributed by atoms with Crippen LogP contribution in [0.1, 0.15) is 24.2 Å². The molecular weight excluding hydrogens is 273 g/mol. The number of nitrogens with zero attached hydrogens (tertiary/aromatic N) is 1. The summed E-state index contributed by atoms with van der Waals surface area (Å²) in [6.45, 7) is 1.07. The molecule has 0 fully saturated rings. The first-order valence-corrected chi connectivity index (χ1v) is 7.03. The minimum atomic E-state index is -0.0380. The molecule has 2 aromatic carbocycles. The Hall–Kier alpha value is -1.00. The van der Waals surface area contributed by atoms with E-state index in [2.05, 4.69) is 30.1 Å². The predicted molar refractivity (Wildman–Crippen MR) is 79.1 cm³/mol. The standard InChI is InChI=1S/C17H17NO2.Na.H/c1-18-8-7-10-3-2-4-12-15(10)13(18)9-11-5-6-14(19)17(20)16(11)12;;/h2-6,13,19-20H,7-9H2,1H3;;/q;+1;-1/t13-;;/m1../s1. The second kappa shape index (κ2) is 5.33. The van der Waals surface area contributed by atoms with Gasteiger partial charge >= 0.3 is 29.6 Å². The van der Waals surface area contributed by atoms with Crippen LogP contribution in [0.4, 0.5) is 0 Å². The summed E-state index contributed by atoms with van der Waals surface area (Å²) in [7, 11) is 2.16. The van der Waals surface area contributed by atoms with Gasteiger partial charge in [-0.25, -0.2) is 0 Å². The third-order valence-electron chi connectivity index (χ3n) is 4.72. The molecule has 3 nitrogen and oxygen atoms in total. The summed E-state index contributed by atoms with van der Waals surface area (Å²) in [4.78, 5) is 2.39. The molecule has 1 aliphatic carbocycles. The molecule has 2 aromatic rings. The van der Waals surface area contributed by atoms with Crippen LogP contribution in [-0.2, 0) is 12.8 Å². The number of fused-ring (bicyclic) bond motifs is 2. The van der Waals surface area contributed by atoms with Crippen LogP contribution in [0.25, 0.3) is 11.1 Å². The molecule has 0 amide bonds. The largest absolute Gasteiger partial charge is 1.00 e. The van der Waals surface area contributed by atoms with E-state index in [1.807, 2.05) is 6.07 Å². The van der Waals surface area contributed by atoms with Gasteiger partial charge in [-0.2, -0.15) is 0 Å². The minimum Gasteiger partial charge on any atom is -1.00 e. The molecule has 1 heterocycles. The van der Waals surface area contributed by atoms with Crippen molar-refractivity contribution in [3.8, 4) is 22.6 Å². The Morgan fingerprint density at radius 2 is 1.95 bits per heavy atom. The van der Waals surface area contributed by atoms with Crippen LogP contribution in [0.2, 0.25) is 0 Å². The summed E-state index contributed by atoms with van der Waals surface area (Å²) in [5, 5.41) is 20.1. The fourth-order valence-electron chi connectivity index (χ4n) is 3.67. The summed E-state index contributed by atoms with van der Waals surface area (Å²) < 4.78 is 0. The van der Waals surface area contributed by atoms with Crippen molar-refractivity contribution in [3.05, 3.63) is 47.0 Å². The Balaban J connectivity index is 0.000000882. The quantitative estimate of drug-likeness (QED) is 0.529. The molecule has 1 aliphatic heterocycles. The third-order valence-corrected chi connectivity index (χ3v) is 4.72. The van der Waals surface area contributed by atoms with E-state index in [9.17, 15) is 10.2 Å². The fraction of sp³-hybridized carbons (Fsp3) is 0.294. The van der Waals surface area contributed by atoms with Gasteiger partial charge in [0.1, 0.15) is 0 Å². The van der Waals surface area contributed by atoms with Gasteiger partial charge in [0.15, 0.2) is 11.5 Å². The van der Waals surface area contributed by atoms with E-state index in [0.29, 0.717) is 6.04 Å². The second-order valence-corrected chi connectivity index (χ2v) is 5.80. The SMILES string of the molecule is CN1CCc2cccc3c2[C@H]1Cc1ccc(O)c(O)c1-3.[H-].[Na+]. The van der Waals surface area contributed by atoms with Gasteiger partial charge in [0.05, 0.1) is 0 Å². The molecule has 0 aromatic heterocycles. The predicted octanol–water partition coefficient (Wildman–Crippen LogP) is -0.0336. The molecular formula is C17H18NNaO2. The van der Waals surface area contributed by atoms with Crippen molar-refractivity contribution in [2.75, 3.05) is 13.6 Å². The molecule has 0 spiro atoms. The van der Waals surface area contributed by atoms with Crippen LogP contribution in [0, 0.1) is 0 Å². The van der Waals surface area contributed by atoms with Gasteiger partial charge in [-0.15, -0.1) is 0 Å². The summed E-state index contributed by atoms with van der Waals surface area (Å²) in [5.41, 5.74) is 5.71. The Bertz CT molecular complexity index is 720. The normalized spacial score (nSPS) is 19.4. The van der Waals surface area contributed by atoms with Crippen molar-refractivity contribution in [2.24, 2.45) is 0 Å². The van der Waals surface area contributed by atoms with Gasteiger partial charge in [-0.05, 0) is 48.2 Å². The third kappa shape index (κ3) is 2.11. The molecule has 0 saturated carbocycles. The van der Waals surface area contributed by atoms with Crippen molar-refractivity contribution in [1.82, 2.24) is 4.90 Å². The molecule has 2 aliphatic rings. The topological polar surface area (TPSA) is 43.7 Å². The Morgan fingerprint density at radius 1 is 1.14 bits per heavy atom. The maximum absolute atomic E-state index is 10.3. The molecule has 0 radical (unpaired) electrons. The Morgan fingerprint density at radius 3 is 2.76 bits per heavy atom. The minimum absolute atomic E-state index is 0. The summed E-state index contributed by atoms with van der Waals surface area (Å²) in [6, 6.07) is 10.2. The zero-order valence-electron chi connectivity index (χ0n) is 13.4. The number of benzene rings is 2. The smallest absolute Gasteiger partial charge is 1.00 e.